The summed E-state index contributed by atoms with van der Waals surface area (Å²) in [5.41, 5.74) is 0.868. The van der Waals surface area contributed by atoms with E-state index in [1.54, 1.807) is 0 Å². The van der Waals surface area contributed by atoms with Gasteiger partial charge in [-0.2, -0.15) is 0 Å². The maximum Gasteiger partial charge on any atom is 0.347 e. The van der Waals surface area contributed by atoms with Crippen LogP contribution in [0.4, 0.5) is 0 Å². The number of piperazine rings is 1. The van der Waals surface area contributed by atoms with Crippen LogP contribution < -0.4 is 5.32 Å². The Morgan fingerprint density at radius 1 is 1.27 bits per heavy atom. The van der Waals surface area contributed by atoms with Gasteiger partial charge in [0.25, 0.3) is 0 Å². The van der Waals surface area contributed by atoms with Gasteiger partial charge in [-0.05, 0) is 12.8 Å². The van der Waals surface area contributed by atoms with Crippen molar-refractivity contribution in [1.82, 2.24) is 15.2 Å². The summed E-state index contributed by atoms with van der Waals surface area (Å²) < 4.78 is 0. The molecule has 1 saturated carbocycles. The Morgan fingerprint density at radius 2 is 2.00 bits per heavy atom. The lowest BCUT2D eigenvalue weighted by Gasteiger charge is -2.26. The van der Waals surface area contributed by atoms with Crippen LogP contribution in [0.25, 0.3) is 0 Å². The van der Waals surface area contributed by atoms with E-state index in [9.17, 15) is 9.90 Å². The third kappa shape index (κ3) is 3.86. The predicted molar refractivity (Wildman–Crippen MR) is 87.9 cm³/mol. The lowest BCUT2D eigenvalue weighted by atomic mass is 9.86. The maximum atomic E-state index is 11.5. The highest BCUT2D eigenvalue weighted by Gasteiger charge is 2.26. The van der Waals surface area contributed by atoms with Gasteiger partial charge in [-0.15, -0.1) is 11.3 Å². The fraction of sp³-hybridized carbons (Fsp3) is 0.750. The van der Waals surface area contributed by atoms with Gasteiger partial charge in [-0.1, -0.05) is 19.3 Å². The Balaban J connectivity index is 1.67. The first-order chi connectivity index (χ1) is 10.7. The van der Waals surface area contributed by atoms with Crippen LogP contribution in [0.2, 0.25) is 0 Å². The van der Waals surface area contributed by atoms with Crippen LogP contribution in [0, 0.1) is 0 Å². The number of thiazole rings is 1. The van der Waals surface area contributed by atoms with Crippen LogP contribution in [0.5, 0.6) is 0 Å². The largest absolute Gasteiger partial charge is 0.477 e. The first-order valence-corrected chi connectivity index (χ1v) is 9.21. The number of hydrogen-bond donors (Lipinski definition) is 2. The molecule has 0 radical (unpaired) electrons. The van der Waals surface area contributed by atoms with E-state index < -0.39 is 5.97 Å². The minimum Gasteiger partial charge on any atom is -0.477 e. The van der Waals surface area contributed by atoms with Gasteiger partial charge < -0.3 is 15.3 Å². The normalized spacial score (nSPS) is 21.1. The third-order valence-electron chi connectivity index (χ3n) is 4.74. The minimum atomic E-state index is -0.800. The summed E-state index contributed by atoms with van der Waals surface area (Å²) in [5.74, 6) is -0.435. The predicted octanol–water partition coefficient (Wildman–Crippen LogP) is 2.34. The van der Waals surface area contributed by atoms with Gasteiger partial charge in [-0.25, -0.2) is 9.78 Å². The van der Waals surface area contributed by atoms with Gasteiger partial charge in [0.2, 0.25) is 0 Å². The summed E-state index contributed by atoms with van der Waals surface area (Å²) in [7, 11) is 0. The average molecular weight is 323 g/mol. The van der Waals surface area contributed by atoms with Crippen molar-refractivity contribution in [3.63, 3.8) is 0 Å². The average Bonchev–Trinajstić information content (AvgIpc) is 2.99. The van der Waals surface area contributed by atoms with E-state index in [0.717, 1.165) is 62.7 Å². The van der Waals surface area contributed by atoms with Crippen molar-refractivity contribution >= 4 is 17.3 Å². The van der Waals surface area contributed by atoms with Crippen LogP contribution in [-0.2, 0) is 6.42 Å². The zero-order chi connectivity index (χ0) is 15.4. The molecule has 2 heterocycles. The van der Waals surface area contributed by atoms with Crippen molar-refractivity contribution in [2.45, 2.75) is 44.4 Å². The molecular weight excluding hydrogens is 298 g/mol. The maximum absolute atomic E-state index is 11.5. The summed E-state index contributed by atoms with van der Waals surface area (Å²) in [6, 6.07) is 0. The van der Waals surface area contributed by atoms with Gasteiger partial charge in [0.05, 0.1) is 10.7 Å². The Bertz CT molecular complexity index is 505. The Kier molecular flexibility index (Phi) is 5.44. The molecule has 1 aromatic rings. The number of carbonyl (C=O) groups is 1. The standard InChI is InChI=1S/C16H25N3O2S/c20-16(21)15-14(12-4-2-1-3-5-12)18-13(22-15)6-9-19-10-7-17-8-11-19/h12,17H,1-11H2,(H,20,21). The molecule has 22 heavy (non-hydrogen) atoms. The smallest absolute Gasteiger partial charge is 0.347 e. The molecule has 0 unspecified atom stereocenters. The second-order valence-electron chi connectivity index (χ2n) is 6.30. The Morgan fingerprint density at radius 3 is 2.68 bits per heavy atom. The first-order valence-electron chi connectivity index (χ1n) is 8.40. The summed E-state index contributed by atoms with van der Waals surface area (Å²) in [6.07, 6.45) is 6.76. The van der Waals surface area contributed by atoms with Crippen molar-refractivity contribution in [3.8, 4) is 0 Å². The monoisotopic (exact) mass is 323 g/mol. The van der Waals surface area contributed by atoms with E-state index in [1.165, 1.54) is 30.6 Å². The summed E-state index contributed by atoms with van der Waals surface area (Å²) in [6.45, 7) is 5.23. The molecule has 6 heteroatoms. The molecule has 2 N–H and O–H groups in total. The van der Waals surface area contributed by atoms with Crippen molar-refractivity contribution < 1.29 is 9.90 Å². The van der Waals surface area contributed by atoms with Gasteiger partial charge in [0, 0.05) is 45.1 Å². The molecule has 1 aromatic heterocycles. The van der Waals surface area contributed by atoms with E-state index in [2.05, 4.69) is 10.2 Å². The second kappa shape index (κ2) is 7.53. The van der Waals surface area contributed by atoms with E-state index in [4.69, 9.17) is 4.98 Å². The van der Waals surface area contributed by atoms with Crippen molar-refractivity contribution in [2.24, 2.45) is 0 Å². The summed E-state index contributed by atoms with van der Waals surface area (Å²) in [4.78, 5) is 19.2. The Hall–Kier alpha value is -0.980. The summed E-state index contributed by atoms with van der Waals surface area (Å²) in [5, 5.41) is 13.8. The molecule has 1 aliphatic carbocycles. The SMILES string of the molecule is O=C(O)c1sc(CCN2CCNCC2)nc1C1CCCCC1. The number of aromatic nitrogens is 1. The number of rotatable bonds is 5. The van der Waals surface area contributed by atoms with Crippen molar-refractivity contribution in [2.75, 3.05) is 32.7 Å². The highest BCUT2D eigenvalue weighted by atomic mass is 32.1. The van der Waals surface area contributed by atoms with Crippen LogP contribution >= 0.6 is 11.3 Å². The van der Waals surface area contributed by atoms with Crippen LogP contribution in [-0.4, -0.2) is 53.7 Å². The van der Waals surface area contributed by atoms with Crippen LogP contribution in [0.1, 0.15) is 58.4 Å². The van der Waals surface area contributed by atoms with Gasteiger partial charge in [-0.3, -0.25) is 0 Å². The van der Waals surface area contributed by atoms with Crippen LogP contribution in [0.3, 0.4) is 0 Å². The number of hydrogen-bond acceptors (Lipinski definition) is 5. The summed E-state index contributed by atoms with van der Waals surface area (Å²) >= 11 is 1.40. The van der Waals surface area contributed by atoms with E-state index in [-0.39, 0.29) is 0 Å². The fourth-order valence-electron chi connectivity index (χ4n) is 3.48. The molecular formula is C16H25N3O2S. The number of nitrogens with zero attached hydrogens (tertiary/aromatic N) is 2. The molecule has 0 amide bonds. The van der Waals surface area contributed by atoms with E-state index >= 15 is 0 Å². The van der Waals surface area contributed by atoms with E-state index in [0.29, 0.717) is 10.8 Å². The van der Waals surface area contributed by atoms with Gasteiger partial charge >= 0.3 is 5.97 Å². The topological polar surface area (TPSA) is 65.5 Å². The first kappa shape index (κ1) is 15.9. The van der Waals surface area contributed by atoms with Gasteiger partial charge in [0.1, 0.15) is 4.88 Å². The minimum absolute atomic E-state index is 0.365. The molecule has 0 aromatic carbocycles. The highest BCUT2D eigenvalue weighted by Crippen LogP contribution is 2.36. The molecule has 122 valence electrons. The quantitative estimate of drug-likeness (QED) is 0.871. The number of carboxylic acids is 1. The molecule has 1 saturated heterocycles. The van der Waals surface area contributed by atoms with Gasteiger partial charge in [0.15, 0.2) is 0 Å². The van der Waals surface area contributed by atoms with Crippen molar-refractivity contribution in [1.29, 1.82) is 0 Å². The number of nitrogens with one attached hydrogen (secondary N) is 1. The molecule has 2 aliphatic rings. The van der Waals surface area contributed by atoms with Crippen LogP contribution in [0.15, 0.2) is 0 Å². The zero-order valence-electron chi connectivity index (χ0n) is 13.0. The lowest BCUT2D eigenvalue weighted by Crippen LogP contribution is -2.44. The molecule has 3 rings (SSSR count). The molecule has 0 spiro atoms. The Labute approximate surface area is 135 Å². The number of aromatic carboxylic acids is 1. The molecule has 5 nitrogen and oxygen atoms in total. The third-order valence-corrected chi connectivity index (χ3v) is 5.85. The molecule has 2 fully saturated rings. The number of carboxylic acid groups (broad SMARTS) is 1. The molecule has 1 aliphatic heterocycles. The van der Waals surface area contributed by atoms with E-state index in [1.807, 2.05) is 0 Å². The molecule has 0 bridgehead atoms. The molecule has 0 atom stereocenters. The van der Waals surface area contributed by atoms with Crippen molar-refractivity contribution in [3.05, 3.63) is 15.6 Å². The lowest BCUT2D eigenvalue weighted by molar-refractivity contribution is 0.0700. The highest BCUT2D eigenvalue weighted by molar-refractivity contribution is 7.13. The zero-order valence-corrected chi connectivity index (χ0v) is 13.8. The second-order valence-corrected chi connectivity index (χ2v) is 7.39. The fourth-order valence-corrected chi connectivity index (χ4v) is 4.46.